The topological polar surface area (TPSA) is 95.6 Å². The third-order valence-electron chi connectivity index (χ3n) is 3.17. The lowest BCUT2D eigenvalue weighted by Crippen LogP contribution is -2.41. The largest absolute Gasteiger partial charge is 0.508 e. The van der Waals surface area contributed by atoms with Crippen LogP contribution in [0.15, 0.2) is 48.5 Å². The number of para-hydroxylation sites is 1. The Morgan fingerprint density at radius 1 is 1.10 bits per heavy atom. The van der Waals surface area contributed by atoms with Crippen LogP contribution in [0.3, 0.4) is 0 Å². The lowest BCUT2D eigenvalue weighted by Gasteiger charge is -2.13. The van der Waals surface area contributed by atoms with Crippen molar-refractivity contribution in [2.75, 3.05) is 0 Å². The van der Waals surface area contributed by atoms with Gasteiger partial charge in [-0.25, -0.2) is 0 Å². The van der Waals surface area contributed by atoms with E-state index >= 15 is 0 Å². The Hall–Kier alpha value is -2.53. The Bertz CT molecular complexity index is 611. The number of carbonyl (C=O) groups excluding carboxylic acids is 1. The maximum atomic E-state index is 11.9. The molecule has 2 aromatic carbocycles. The maximum absolute atomic E-state index is 11.9. The molecule has 2 rings (SSSR count). The number of rotatable bonds is 5. The molecule has 1 atom stereocenters. The van der Waals surface area contributed by atoms with E-state index in [2.05, 4.69) is 5.32 Å². The van der Waals surface area contributed by atoms with E-state index in [1.165, 1.54) is 0 Å². The highest BCUT2D eigenvalue weighted by atomic mass is 16.3. The lowest BCUT2D eigenvalue weighted by atomic mass is 10.1. The molecule has 110 valence electrons. The normalized spacial score (nSPS) is 11.9. The Morgan fingerprint density at radius 2 is 1.76 bits per heavy atom. The second kappa shape index (κ2) is 6.76. The van der Waals surface area contributed by atoms with Crippen molar-refractivity contribution in [2.45, 2.75) is 19.0 Å². The van der Waals surface area contributed by atoms with E-state index in [9.17, 15) is 15.0 Å². The summed E-state index contributed by atoms with van der Waals surface area (Å²) in [5, 5.41) is 21.5. The number of hydrogen-bond donors (Lipinski definition) is 4. The molecule has 5 nitrogen and oxygen atoms in total. The van der Waals surface area contributed by atoms with Crippen molar-refractivity contribution in [3.8, 4) is 11.5 Å². The van der Waals surface area contributed by atoms with Gasteiger partial charge in [-0.3, -0.25) is 4.79 Å². The van der Waals surface area contributed by atoms with E-state index in [1.807, 2.05) is 0 Å². The van der Waals surface area contributed by atoms with E-state index in [0.717, 1.165) is 5.56 Å². The molecule has 0 aromatic heterocycles. The van der Waals surface area contributed by atoms with Gasteiger partial charge in [-0.05, 0) is 30.2 Å². The molecule has 0 radical (unpaired) electrons. The molecule has 0 saturated carbocycles. The van der Waals surface area contributed by atoms with Crippen molar-refractivity contribution in [1.82, 2.24) is 5.32 Å². The molecule has 0 fully saturated rings. The number of phenols is 2. The van der Waals surface area contributed by atoms with E-state index < -0.39 is 6.04 Å². The molecule has 1 amide bonds. The second-order valence-corrected chi connectivity index (χ2v) is 4.82. The van der Waals surface area contributed by atoms with Crippen LogP contribution in [0.25, 0.3) is 0 Å². The molecule has 2 aromatic rings. The van der Waals surface area contributed by atoms with Crippen molar-refractivity contribution in [2.24, 2.45) is 5.73 Å². The molecule has 5 heteroatoms. The van der Waals surface area contributed by atoms with Crippen molar-refractivity contribution in [3.63, 3.8) is 0 Å². The first kappa shape index (κ1) is 14.9. The van der Waals surface area contributed by atoms with Gasteiger partial charge < -0.3 is 21.3 Å². The first-order valence-corrected chi connectivity index (χ1v) is 6.64. The van der Waals surface area contributed by atoms with Crippen LogP contribution in [0, 0.1) is 0 Å². The summed E-state index contributed by atoms with van der Waals surface area (Å²) < 4.78 is 0. The SMILES string of the molecule is NC(Cc1ccc(O)cc1)C(=O)NCc1ccccc1O. The molecular formula is C16H18N2O3. The van der Waals surface area contributed by atoms with Crippen LogP contribution in [-0.4, -0.2) is 22.2 Å². The molecule has 0 aliphatic heterocycles. The van der Waals surface area contributed by atoms with Gasteiger partial charge in [0.1, 0.15) is 11.5 Å². The summed E-state index contributed by atoms with van der Waals surface area (Å²) in [5.41, 5.74) is 7.37. The number of nitrogens with one attached hydrogen (secondary N) is 1. The summed E-state index contributed by atoms with van der Waals surface area (Å²) in [4.78, 5) is 11.9. The van der Waals surface area contributed by atoms with Gasteiger partial charge in [0.15, 0.2) is 0 Å². The number of hydrogen-bond acceptors (Lipinski definition) is 4. The van der Waals surface area contributed by atoms with Gasteiger partial charge >= 0.3 is 0 Å². The fourth-order valence-corrected chi connectivity index (χ4v) is 1.95. The van der Waals surface area contributed by atoms with Crippen LogP contribution in [-0.2, 0) is 17.8 Å². The molecule has 0 spiro atoms. The summed E-state index contributed by atoms with van der Waals surface area (Å²) in [5.74, 6) is 0.0348. The first-order valence-electron chi connectivity index (χ1n) is 6.64. The molecular weight excluding hydrogens is 268 g/mol. The summed E-state index contributed by atoms with van der Waals surface area (Å²) >= 11 is 0. The minimum Gasteiger partial charge on any atom is -0.508 e. The van der Waals surface area contributed by atoms with Crippen LogP contribution in [0.4, 0.5) is 0 Å². The molecule has 1 unspecified atom stereocenters. The zero-order chi connectivity index (χ0) is 15.2. The molecule has 0 bridgehead atoms. The highest BCUT2D eigenvalue weighted by molar-refractivity contribution is 5.81. The average Bonchev–Trinajstić information content (AvgIpc) is 2.48. The number of phenolic OH excluding ortho intramolecular Hbond substituents is 2. The minimum absolute atomic E-state index is 0.143. The first-order chi connectivity index (χ1) is 10.1. The third kappa shape index (κ3) is 4.22. The molecule has 0 aliphatic carbocycles. The van der Waals surface area contributed by atoms with Crippen molar-refractivity contribution in [3.05, 3.63) is 59.7 Å². The van der Waals surface area contributed by atoms with E-state index in [4.69, 9.17) is 5.73 Å². The van der Waals surface area contributed by atoms with Gasteiger partial charge in [0.2, 0.25) is 5.91 Å². The summed E-state index contributed by atoms with van der Waals surface area (Å²) in [6, 6.07) is 12.7. The number of amides is 1. The molecule has 0 heterocycles. The highest BCUT2D eigenvalue weighted by Crippen LogP contribution is 2.15. The van der Waals surface area contributed by atoms with E-state index in [0.29, 0.717) is 12.0 Å². The number of nitrogens with two attached hydrogens (primary N) is 1. The third-order valence-corrected chi connectivity index (χ3v) is 3.17. The van der Waals surface area contributed by atoms with Crippen LogP contribution in [0.2, 0.25) is 0 Å². The second-order valence-electron chi connectivity index (χ2n) is 4.82. The Labute approximate surface area is 123 Å². The van der Waals surface area contributed by atoms with Crippen LogP contribution in [0.1, 0.15) is 11.1 Å². The average molecular weight is 286 g/mol. The maximum Gasteiger partial charge on any atom is 0.237 e. The predicted octanol–water partition coefficient (Wildman–Crippen LogP) is 1.28. The number of carbonyl (C=O) groups is 1. The van der Waals surface area contributed by atoms with Gasteiger partial charge in [0, 0.05) is 12.1 Å². The van der Waals surface area contributed by atoms with Crippen molar-refractivity contribution >= 4 is 5.91 Å². The van der Waals surface area contributed by atoms with E-state index in [1.54, 1.807) is 48.5 Å². The van der Waals surface area contributed by atoms with Crippen molar-refractivity contribution < 1.29 is 15.0 Å². The smallest absolute Gasteiger partial charge is 0.237 e. The van der Waals surface area contributed by atoms with E-state index in [-0.39, 0.29) is 24.0 Å². The Balaban J connectivity index is 1.88. The van der Waals surface area contributed by atoms with Crippen LogP contribution < -0.4 is 11.1 Å². The van der Waals surface area contributed by atoms with Crippen molar-refractivity contribution in [1.29, 1.82) is 0 Å². The summed E-state index contributed by atoms with van der Waals surface area (Å²) in [6.07, 6.45) is 0.382. The standard InChI is InChI=1S/C16H18N2O3/c17-14(9-11-5-7-13(19)8-6-11)16(21)18-10-12-3-1-2-4-15(12)20/h1-8,14,19-20H,9-10,17H2,(H,18,21). The fourth-order valence-electron chi connectivity index (χ4n) is 1.95. The molecule has 21 heavy (non-hydrogen) atoms. The molecule has 5 N–H and O–H groups in total. The highest BCUT2D eigenvalue weighted by Gasteiger charge is 2.14. The molecule has 0 saturated heterocycles. The predicted molar refractivity (Wildman–Crippen MR) is 79.7 cm³/mol. The van der Waals surface area contributed by atoms with Gasteiger partial charge in [-0.15, -0.1) is 0 Å². The van der Waals surface area contributed by atoms with Gasteiger partial charge in [0.25, 0.3) is 0 Å². The summed E-state index contributed by atoms with van der Waals surface area (Å²) in [6.45, 7) is 0.231. The van der Waals surface area contributed by atoms with Crippen LogP contribution in [0.5, 0.6) is 11.5 Å². The number of benzene rings is 2. The Kier molecular flexibility index (Phi) is 4.79. The quantitative estimate of drug-likeness (QED) is 0.666. The Morgan fingerprint density at radius 3 is 2.43 bits per heavy atom. The lowest BCUT2D eigenvalue weighted by molar-refractivity contribution is -0.122. The number of aromatic hydroxyl groups is 2. The zero-order valence-electron chi connectivity index (χ0n) is 11.5. The minimum atomic E-state index is -0.680. The van der Waals surface area contributed by atoms with Crippen LogP contribution >= 0.6 is 0 Å². The fraction of sp³-hybridized carbons (Fsp3) is 0.188. The zero-order valence-corrected chi connectivity index (χ0v) is 11.5. The van der Waals surface area contributed by atoms with Gasteiger partial charge in [-0.2, -0.15) is 0 Å². The molecule has 0 aliphatic rings. The van der Waals surface area contributed by atoms with Gasteiger partial charge in [-0.1, -0.05) is 30.3 Å². The summed E-state index contributed by atoms with van der Waals surface area (Å²) in [7, 11) is 0. The van der Waals surface area contributed by atoms with Gasteiger partial charge in [0.05, 0.1) is 6.04 Å². The monoisotopic (exact) mass is 286 g/mol.